The van der Waals surface area contributed by atoms with Crippen molar-refractivity contribution in [1.29, 1.82) is 0 Å². The second-order valence-electron chi connectivity index (χ2n) is 6.87. The Kier molecular flexibility index (Phi) is 5.88. The number of rotatable bonds is 5. The van der Waals surface area contributed by atoms with Crippen LogP contribution < -0.4 is 16.0 Å². The summed E-state index contributed by atoms with van der Waals surface area (Å²) in [6, 6.07) is 7.22. The van der Waals surface area contributed by atoms with E-state index in [2.05, 4.69) is 5.32 Å². The third-order valence-corrected chi connectivity index (χ3v) is 5.00. The zero-order valence-electron chi connectivity index (χ0n) is 14.9. The maximum Gasteiger partial charge on any atom is 0.253 e. The topological polar surface area (TPSA) is 95.7 Å². The lowest BCUT2D eigenvalue weighted by Gasteiger charge is -2.32. The molecule has 0 aromatic heterocycles. The molecule has 2 saturated heterocycles. The zero-order chi connectivity index (χ0) is 18.5. The van der Waals surface area contributed by atoms with Crippen molar-refractivity contribution in [3.8, 4) is 0 Å². The number of nitrogens with zero attached hydrogens (tertiary/aromatic N) is 2. The first kappa shape index (κ1) is 18.4. The molecule has 2 aliphatic rings. The van der Waals surface area contributed by atoms with E-state index >= 15 is 0 Å². The van der Waals surface area contributed by atoms with E-state index in [0.29, 0.717) is 44.7 Å². The average Bonchev–Trinajstić information content (AvgIpc) is 3.11. The maximum atomic E-state index is 12.9. The molecule has 1 atom stereocenters. The van der Waals surface area contributed by atoms with Gasteiger partial charge >= 0.3 is 0 Å². The highest BCUT2D eigenvalue weighted by Gasteiger charge is 2.29. The Morgan fingerprint density at radius 2 is 2.08 bits per heavy atom. The molecule has 2 aliphatic heterocycles. The highest BCUT2D eigenvalue weighted by atomic mass is 16.2. The summed E-state index contributed by atoms with van der Waals surface area (Å²) in [4.78, 5) is 40.5. The van der Waals surface area contributed by atoms with Crippen LogP contribution in [-0.2, 0) is 9.59 Å². The van der Waals surface area contributed by atoms with Crippen LogP contribution in [0.3, 0.4) is 0 Å². The van der Waals surface area contributed by atoms with Gasteiger partial charge in [-0.2, -0.15) is 0 Å². The van der Waals surface area contributed by atoms with Gasteiger partial charge in [-0.05, 0) is 37.5 Å². The van der Waals surface area contributed by atoms with Crippen molar-refractivity contribution in [3.63, 3.8) is 0 Å². The largest absolute Gasteiger partial charge is 0.355 e. The van der Waals surface area contributed by atoms with E-state index in [1.54, 1.807) is 21.9 Å². The van der Waals surface area contributed by atoms with Gasteiger partial charge in [-0.3, -0.25) is 14.4 Å². The molecule has 7 heteroatoms. The first-order valence-corrected chi connectivity index (χ1v) is 9.27. The quantitative estimate of drug-likeness (QED) is 0.811. The summed E-state index contributed by atoms with van der Waals surface area (Å²) in [5.41, 5.74) is 6.76. The smallest absolute Gasteiger partial charge is 0.253 e. The average molecular weight is 358 g/mol. The number of amides is 3. The van der Waals surface area contributed by atoms with E-state index in [-0.39, 0.29) is 23.6 Å². The summed E-state index contributed by atoms with van der Waals surface area (Å²) < 4.78 is 0. The van der Waals surface area contributed by atoms with Crippen molar-refractivity contribution < 1.29 is 14.4 Å². The lowest BCUT2D eigenvalue weighted by Crippen LogP contribution is -2.46. The number of likely N-dealkylation sites (tertiary alicyclic amines) is 1. The molecular weight excluding hydrogens is 332 g/mol. The molecule has 3 amide bonds. The molecule has 140 valence electrons. The summed E-state index contributed by atoms with van der Waals surface area (Å²) in [5.74, 6) is -0.217. The predicted octanol–water partition coefficient (Wildman–Crippen LogP) is 0.740. The minimum Gasteiger partial charge on any atom is -0.355 e. The van der Waals surface area contributed by atoms with Crippen LogP contribution in [0.25, 0.3) is 0 Å². The molecule has 1 unspecified atom stereocenters. The van der Waals surface area contributed by atoms with E-state index < -0.39 is 0 Å². The van der Waals surface area contributed by atoms with Crippen LogP contribution in [0.4, 0.5) is 5.69 Å². The molecule has 1 aromatic carbocycles. The van der Waals surface area contributed by atoms with Gasteiger partial charge < -0.3 is 20.9 Å². The molecule has 2 heterocycles. The molecule has 2 fully saturated rings. The van der Waals surface area contributed by atoms with E-state index in [1.807, 2.05) is 12.1 Å². The van der Waals surface area contributed by atoms with Gasteiger partial charge in [-0.25, -0.2) is 0 Å². The third-order valence-electron chi connectivity index (χ3n) is 5.00. The molecule has 0 radical (unpaired) electrons. The van der Waals surface area contributed by atoms with E-state index in [4.69, 9.17) is 5.73 Å². The summed E-state index contributed by atoms with van der Waals surface area (Å²) in [6.45, 7) is 2.62. The van der Waals surface area contributed by atoms with Crippen LogP contribution in [-0.4, -0.2) is 55.3 Å². The Bertz CT molecular complexity index is 691. The van der Waals surface area contributed by atoms with Gasteiger partial charge in [0.25, 0.3) is 5.91 Å². The SMILES string of the molecule is NCCNC(=O)C1CCCN(C(=O)c2cccc(N3CCCC3=O)c2)C1. The van der Waals surface area contributed by atoms with Gasteiger partial charge in [-0.15, -0.1) is 0 Å². The first-order valence-electron chi connectivity index (χ1n) is 9.27. The van der Waals surface area contributed by atoms with Gasteiger partial charge in [0, 0.05) is 50.4 Å². The van der Waals surface area contributed by atoms with Gasteiger partial charge in [0.2, 0.25) is 11.8 Å². The van der Waals surface area contributed by atoms with Crippen LogP contribution >= 0.6 is 0 Å². The number of piperidine rings is 1. The summed E-state index contributed by atoms with van der Waals surface area (Å²) >= 11 is 0. The van der Waals surface area contributed by atoms with Crippen LogP contribution in [0.2, 0.25) is 0 Å². The van der Waals surface area contributed by atoms with Crippen molar-refractivity contribution in [2.75, 3.05) is 37.6 Å². The molecule has 3 N–H and O–H groups in total. The van der Waals surface area contributed by atoms with E-state index in [1.165, 1.54) is 0 Å². The summed E-state index contributed by atoms with van der Waals surface area (Å²) in [5, 5.41) is 2.81. The molecule has 0 bridgehead atoms. The first-order chi connectivity index (χ1) is 12.6. The molecule has 0 saturated carbocycles. The number of anilines is 1. The number of hydrogen-bond acceptors (Lipinski definition) is 4. The Hall–Kier alpha value is -2.41. The Morgan fingerprint density at radius 1 is 1.23 bits per heavy atom. The standard InChI is InChI=1S/C19H26N4O3/c20-8-9-21-18(25)15-5-2-10-22(13-15)19(26)14-4-1-6-16(12-14)23-11-3-7-17(23)24/h1,4,6,12,15H,2-3,5,7-11,13,20H2,(H,21,25). The number of benzene rings is 1. The van der Waals surface area contributed by atoms with Gasteiger partial charge in [0.15, 0.2) is 0 Å². The third kappa shape index (κ3) is 4.04. The number of nitrogens with one attached hydrogen (secondary N) is 1. The fourth-order valence-corrected chi connectivity index (χ4v) is 3.63. The van der Waals surface area contributed by atoms with Crippen molar-refractivity contribution >= 4 is 23.4 Å². The van der Waals surface area contributed by atoms with E-state index in [9.17, 15) is 14.4 Å². The van der Waals surface area contributed by atoms with Crippen molar-refractivity contribution in [3.05, 3.63) is 29.8 Å². The molecule has 1 aromatic rings. The van der Waals surface area contributed by atoms with Crippen molar-refractivity contribution in [2.24, 2.45) is 11.7 Å². The van der Waals surface area contributed by atoms with Gasteiger partial charge in [0.05, 0.1) is 5.92 Å². The molecule has 0 aliphatic carbocycles. The summed E-state index contributed by atoms with van der Waals surface area (Å²) in [7, 11) is 0. The molecule has 0 spiro atoms. The van der Waals surface area contributed by atoms with Crippen LogP contribution in [0.1, 0.15) is 36.0 Å². The fraction of sp³-hybridized carbons (Fsp3) is 0.526. The number of carbonyl (C=O) groups is 3. The van der Waals surface area contributed by atoms with Crippen LogP contribution in [0, 0.1) is 5.92 Å². The highest BCUT2D eigenvalue weighted by molar-refractivity contribution is 5.99. The maximum absolute atomic E-state index is 12.9. The lowest BCUT2D eigenvalue weighted by atomic mass is 9.96. The molecular formula is C19H26N4O3. The predicted molar refractivity (Wildman–Crippen MR) is 98.7 cm³/mol. The molecule has 26 heavy (non-hydrogen) atoms. The second-order valence-corrected chi connectivity index (χ2v) is 6.87. The number of hydrogen-bond donors (Lipinski definition) is 2. The normalized spacial score (nSPS) is 20.3. The Morgan fingerprint density at radius 3 is 2.81 bits per heavy atom. The second kappa shape index (κ2) is 8.31. The van der Waals surface area contributed by atoms with Crippen LogP contribution in [0.15, 0.2) is 24.3 Å². The minimum atomic E-state index is -0.192. The monoisotopic (exact) mass is 358 g/mol. The summed E-state index contributed by atoms with van der Waals surface area (Å²) in [6.07, 6.45) is 2.99. The highest BCUT2D eigenvalue weighted by Crippen LogP contribution is 2.24. The zero-order valence-corrected chi connectivity index (χ0v) is 14.9. The number of carbonyl (C=O) groups excluding carboxylic acids is 3. The van der Waals surface area contributed by atoms with Crippen molar-refractivity contribution in [1.82, 2.24) is 10.2 Å². The minimum absolute atomic E-state index is 0.0376. The molecule has 3 rings (SSSR count). The Labute approximate surface area is 153 Å². The lowest BCUT2D eigenvalue weighted by molar-refractivity contribution is -0.126. The van der Waals surface area contributed by atoms with Gasteiger partial charge in [-0.1, -0.05) is 6.07 Å². The molecule has 7 nitrogen and oxygen atoms in total. The van der Waals surface area contributed by atoms with E-state index in [0.717, 1.165) is 24.9 Å². The van der Waals surface area contributed by atoms with Crippen LogP contribution in [0.5, 0.6) is 0 Å². The Balaban J connectivity index is 1.68. The fourth-order valence-electron chi connectivity index (χ4n) is 3.63. The van der Waals surface area contributed by atoms with Gasteiger partial charge in [0.1, 0.15) is 0 Å². The van der Waals surface area contributed by atoms with Crippen molar-refractivity contribution in [2.45, 2.75) is 25.7 Å². The number of nitrogens with two attached hydrogens (primary N) is 1.